The molecule has 0 radical (unpaired) electrons. The van der Waals surface area contributed by atoms with E-state index in [2.05, 4.69) is 9.97 Å². The number of aromatic nitrogens is 2. The number of carbonyl (C=O) groups is 2. The van der Waals surface area contributed by atoms with Gasteiger partial charge in [-0.25, -0.2) is 14.7 Å². The summed E-state index contributed by atoms with van der Waals surface area (Å²) in [6, 6.07) is 36.7. The highest BCUT2D eigenvalue weighted by Crippen LogP contribution is 2.35. The van der Waals surface area contributed by atoms with Crippen LogP contribution in [0.3, 0.4) is 0 Å². The van der Waals surface area contributed by atoms with E-state index in [1.54, 1.807) is 0 Å². The average Bonchev–Trinajstić information content (AvgIpc) is 3.46. The van der Waals surface area contributed by atoms with Gasteiger partial charge in [0.15, 0.2) is 0 Å². The number of cyclic esters (lactones) is 1. The molecule has 4 aromatic carbocycles. The molecular formula is C38H35N3O5. The Balaban J connectivity index is 1.34. The Hall–Kier alpha value is -5.50. The van der Waals surface area contributed by atoms with Gasteiger partial charge < -0.3 is 14.2 Å². The smallest absolute Gasteiger partial charge is 0.417 e. The molecule has 232 valence electrons. The Kier molecular flexibility index (Phi) is 9.63. The largest absolute Gasteiger partial charge is 0.482 e. The molecule has 1 aliphatic rings. The van der Waals surface area contributed by atoms with Gasteiger partial charge in [-0.1, -0.05) is 121 Å². The summed E-state index contributed by atoms with van der Waals surface area (Å²) in [5.74, 6) is -0.466. The number of benzene rings is 4. The van der Waals surface area contributed by atoms with E-state index in [0.717, 1.165) is 27.8 Å². The lowest BCUT2D eigenvalue weighted by molar-refractivity contribution is -0.130. The zero-order valence-corrected chi connectivity index (χ0v) is 25.6. The van der Waals surface area contributed by atoms with E-state index in [9.17, 15) is 9.59 Å². The molecule has 5 aromatic rings. The fourth-order valence-corrected chi connectivity index (χ4v) is 5.52. The molecule has 2 heterocycles. The van der Waals surface area contributed by atoms with Crippen molar-refractivity contribution in [2.75, 3.05) is 6.61 Å². The third kappa shape index (κ3) is 7.41. The molecule has 0 spiro atoms. The molecule has 6 rings (SSSR count). The maximum atomic E-state index is 14.4. The molecule has 2 atom stereocenters. The first-order valence-corrected chi connectivity index (χ1v) is 15.3. The number of amides is 2. The van der Waals surface area contributed by atoms with Crippen molar-refractivity contribution in [2.24, 2.45) is 0 Å². The minimum atomic E-state index is -0.750. The van der Waals surface area contributed by atoms with Crippen molar-refractivity contribution in [2.45, 2.75) is 44.9 Å². The lowest BCUT2D eigenvalue weighted by Gasteiger charge is -2.26. The maximum absolute atomic E-state index is 14.4. The number of ether oxygens (including phenoxy) is 3. The number of nitrogens with zero attached hydrogens (tertiary/aromatic N) is 3. The van der Waals surface area contributed by atoms with Crippen molar-refractivity contribution in [1.82, 2.24) is 14.9 Å². The molecule has 0 saturated carbocycles. The molecular weight excluding hydrogens is 578 g/mol. The Morgan fingerprint density at radius 1 is 0.804 bits per heavy atom. The van der Waals surface area contributed by atoms with Crippen molar-refractivity contribution >= 4 is 12.0 Å². The van der Waals surface area contributed by atoms with Gasteiger partial charge in [-0.2, -0.15) is 4.98 Å². The van der Waals surface area contributed by atoms with Gasteiger partial charge in [0.2, 0.25) is 11.7 Å². The second kappa shape index (κ2) is 14.5. The molecule has 0 aliphatic carbocycles. The van der Waals surface area contributed by atoms with Crippen molar-refractivity contribution in [3.05, 3.63) is 155 Å². The summed E-state index contributed by atoms with van der Waals surface area (Å²) in [4.78, 5) is 37.8. The predicted octanol–water partition coefficient (Wildman–Crippen LogP) is 6.86. The van der Waals surface area contributed by atoms with Gasteiger partial charge in [0.25, 0.3) is 5.88 Å². The molecule has 1 fully saturated rings. The third-order valence-corrected chi connectivity index (χ3v) is 7.98. The molecule has 46 heavy (non-hydrogen) atoms. The monoisotopic (exact) mass is 613 g/mol. The number of carbonyl (C=O) groups excluding carboxylic acids is 2. The molecule has 8 heteroatoms. The van der Waals surface area contributed by atoms with Gasteiger partial charge in [0.05, 0.1) is 17.7 Å². The normalized spacial score (nSPS) is 14.8. The molecule has 2 unspecified atom stereocenters. The quantitative estimate of drug-likeness (QED) is 0.152. The van der Waals surface area contributed by atoms with Crippen LogP contribution >= 0.6 is 0 Å². The van der Waals surface area contributed by atoms with Crippen LogP contribution in [0.4, 0.5) is 4.79 Å². The summed E-state index contributed by atoms with van der Waals surface area (Å²) >= 11 is 0. The van der Waals surface area contributed by atoms with E-state index >= 15 is 0 Å². The van der Waals surface area contributed by atoms with E-state index in [0.29, 0.717) is 17.9 Å². The molecule has 0 bridgehead atoms. The highest BCUT2D eigenvalue weighted by atomic mass is 16.6. The van der Waals surface area contributed by atoms with E-state index in [1.165, 1.54) is 11.2 Å². The summed E-state index contributed by atoms with van der Waals surface area (Å²) < 4.78 is 18.0. The summed E-state index contributed by atoms with van der Waals surface area (Å²) in [5, 5.41) is 0. The lowest BCUT2D eigenvalue weighted by Crippen LogP contribution is -2.43. The minimum Gasteiger partial charge on any atom is -0.482 e. The highest BCUT2D eigenvalue weighted by Gasteiger charge is 2.41. The first-order valence-electron chi connectivity index (χ1n) is 15.3. The molecule has 1 aromatic heterocycles. The SMILES string of the molecule is Cc1ccc(C(Cc2ncnc(OCc3ccccc3)c2OCc2ccccc2)C(=O)N2C(=O)OCC2Cc2ccccc2)cc1. The summed E-state index contributed by atoms with van der Waals surface area (Å²) in [7, 11) is 0. The van der Waals surface area contributed by atoms with E-state index < -0.39 is 18.1 Å². The molecule has 1 aliphatic heterocycles. The topological polar surface area (TPSA) is 90.9 Å². The number of aryl methyl sites for hydroxylation is 1. The van der Waals surface area contributed by atoms with Crippen molar-refractivity contribution < 1.29 is 23.8 Å². The van der Waals surface area contributed by atoms with E-state index in [4.69, 9.17) is 14.2 Å². The van der Waals surface area contributed by atoms with Crippen LogP contribution in [-0.4, -0.2) is 39.5 Å². The van der Waals surface area contributed by atoms with Crippen LogP contribution in [0.1, 0.15) is 39.4 Å². The third-order valence-electron chi connectivity index (χ3n) is 7.98. The average molecular weight is 614 g/mol. The van der Waals surface area contributed by atoms with Gasteiger partial charge >= 0.3 is 6.09 Å². The number of rotatable bonds is 12. The Labute approximate surface area is 268 Å². The fraction of sp³-hybridized carbons (Fsp3) is 0.211. The maximum Gasteiger partial charge on any atom is 0.417 e. The van der Waals surface area contributed by atoms with Crippen LogP contribution in [0, 0.1) is 6.92 Å². The Morgan fingerprint density at radius 2 is 1.39 bits per heavy atom. The summed E-state index contributed by atoms with van der Waals surface area (Å²) in [5.41, 5.74) is 5.27. The number of imide groups is 1. The van der Waals surface area contributed by atoms with Gasteiger partial charge in [-0.05, 0) is 35.6 Å². The zero-order chi connectivity index (χ0) is 31.7. The Bertz CT molecular complexity index is 1750. The second-order valence-corrected chi connectivity index (χ2v) is 11.3. The van der Waals surface area contributed by atoms with Crippen LogP contribution in [0.25, 0.3) is 0 Å². The van der Waals surface area contributed by atoms with Crippen LogP contribution in [0.5, 0.6) is 11.6 Å². The van der Waals surface area contributed by atoms with Crippen LogP contribution < -0.4 is 9.47 Å². The molecule has 0 N–H and O–H groups in total. The van der Waals surface area contributed by atoms with Gasteiger partial charge in [0.1, 0.15) is 26.1 Å². The fourth-order valence-electron chi connectivity index (χ4n) is 5.52. The van der Waals surface area contributed by atoms with Gasteiger partial charge in [-0.15, -0.1) is 0 Å². The van der Waals surface area contributed by atoms with Crippen LogP contribution in [-0.2, 0) is 35.6 Å². The number of hydrogen-bond acceptors (Lipinski definition) is 7. The van der Waals surface area contributed by atoms with E-state index in [-0.39, 0.29) is 38.0 Å². The minimum absolute atomic E-state index is 0.135. The molecule has 1 saturated heterocycles. The van der Waals surface area contributed by atoms with Crippen molar-refractivity contribution in [1.29, 1.82) is 0 Å². The zero-order valence-electron chi connectivity index (χ0n) is 25.6. The highest BCUT2D eigenvalue weighted by molar-refractivity contribution is 5.97. The number of hydrogen-bond donors (Lipinski definition) is 0. The van der Waals surface area contributed by atoms with Crippen molar-refractivity contribution in [3.63, 3.8) is 0 Å². The first kappa shape index (κ1) is 30.5. The predicted molar refractivity (Wildman–Crippen MR) is 173 cm³/mol. The standard InChI is InChI=1S/C38H35N3O5/c1-27-17-19-31(20-18-27)33(37(42)41-32(25-46-38(41)43)21-28-11-5-2-6-12-28)22-34-35(44-23-29-13-7-3-8-14-29)36(40-26-39-34)45-24-30-15-9-4-10-16-30/h2-20,26,32-33H,21-25H2,1H3. The van der Waals surface area contributed by atoms with Gasteiger partial charge in [0, 0.05) is 6.42 Å². The van der Waals surface area contributed by atoms with Crippen LogP contribution in [0.15, 0.2) is 122 Å². The Morgan fingerprint density at radius 3 is 2.02 bits per heavy atom. The first-order chi connectivity index (χ1) is 22.5. The second-order valence-electron chi connectivity index (χ2n) is 11.3. The molecule has 8 nitrogen and oxygen atoms in total. The summed E-state index contributed by atoms with van der Waals surface area (Å²) in [6.45, 7) is 2.66. The van der Waals surface area contributed by atoms with Crippen LogP contribution in [0.2, 0.25) is 0 Å². The van der Waals surface area contributed by atoms with Gasteiger partial charge in [-0.3, -0.25) is 4.79 Å². The van der Waals surface area contributed by atoms with Crippen molar-refractivity contribution in [3.8, 4) is 11.6 Å². The lowest BCUT2D eigenvalue weighted by atomic mass is 9.91. The van der Waals surface area contributed by atoms with E-state index in [1.807, 2.05) is 122 Å². The summed E-state index contributed by atoms with van der Waals surface area (Å²) in [6.07, 6.45) is 1.43. The molecule has 2 amide bonds.